The minimum atomic E-state index is -0.334. The van der Waals surface area contributed by atoms with E-state index in [4.69, 9.17) is 9.15 Å². The van der Waals surface area contributed by atoms with Crippen LogP contribution in [0.1, 0.15) is 40.9 Å². The number of pyridine rings is 1. The molecule has 1 aliphatic rings. The number of carbonyl (C=O) groups is 1. The SMILES string of the molecule is COc1ccc(F)cc1-c1ccc2nc(C3CCCN(C(=O)c4ccc(C)o4)C3)nn2c1. The van der Waals surface area contributed by atoms with Crippen LogP contribution in [0.25, 0.3) is 16.8 Å². The van der Waals surface area contributed by atoms with Gasteiger partial charge in [-0.15, -0.1) is 0 Å². The van der Waals surface area contributed by atoms with E-state index in [-0.39, 0.29) is 17.6 Å². The van der Waals surface area contributed by atoms with Gasteiger partial charge in [0.05, 0.1) is 7.11 Å². The molecule has 32 heavy (non-hydrogen) atoms. The van der Waals surface area contributed by atoms with E-state index in [9.17, 15) is 9.18 Å². The number of amides is 1. The lowest BCUT2D eigenvalue weighted by Crippen LogP contribution is -2.39. The Bertz CT molecular complexity index is 1300. The lowest BCUT2D eigenvalue weighted by atomic mass is 9.97. The number of aromatic nitrogens is 3. The third kappa shape index (κ3) is 3.72. The van der Waals surface area contributed by atoms with Crippen molar-refractivity contribution in [3.05, 3.63) is 71.8 Å². The number of fused-ring (bicyclic) bond motifs is 1. The van der Waals surface area contributed by atoms with Crippen LogP contribution in [0, 0.1) is 12.7 Å². The first-order chi connectivity index (χ1) is 15.5. The first kappa shape index (κ1) is 20.2. The number of furan rings is 1. The fourth-order valence-corrected chi connectivity index (χ4v) is 4.22. The molecule has 1 atom stereocenters. The molecule has 1 fully saturated rings. The van der Waals surface area contributed by atoms with Gasteiger partial charge in [-0.3, -0.25) is 4.79 Å². The summed E-state index contributed by atoms with van der Waals surface area (Å²) in [6.07, 6.45) is 3.60. The molecule has 8 heteroatoms. The number of ether oxygens (including phenoxy) is 1. The van der Waals surface area contributed by atoms with E-state index in [2.05, 4.69) is 10.1 Å². The Morgan fingerprint density at radius 1 is 1.22 bits per heavy atom. The van der Waals surface area contributed by atoms with E-state index >= 15 is 0 Å². The van der Waals surface area contributed by atoms with Crippen molar-refractivity contribution in [3.8, 4) is 16.9 Å². The number of piperidine rings is 1. The molecule has 0 aliphatic carbocycles. The fourth-order valence-electron chi connectivity index (χ4n) is 4.22. The van der Waals surface area contributed by atoms with Crippen LogP contribution in [0.2, 0.25) is 0 Å². The molecule has 1 amide bonds. The molecule has 0 radical (unpaired) electrons. The van der Waals surface area contributed by atoms with Gasteiger partial charge >= 0.3 is 0 Å². The summed E-state index contributed by atoms with van der Waals surface area (Å²) in [4.78, 5) is 19.3. The second kappa shape index (κ2) is 8.11. The Kier molecular flexibility index (Phi) is 5.13. The molecule has 164 valence electrons. The van der Waals surface area contributed by atoms with Crippen molar-refractivity contribution in [2.45, 2.75) is 25.7 Å². The number of hydrogen-bond acceptors (Lipinski definition) is 5. The van der Waals surface area contributed by atoms with E-state index in [1.807, 2.05) is 25.3 Å². The van der Waals surface area contributed by atoms with Crippen LogP contribution in [0.5, 0.6) is 5.75 Å². The van der Waals surface area contributed by atoms with Crippen molar-refractivity contribution >= 4 is 11.6 Å². The Morgan fingerprint density at radius 2 is 2.09 bits per heavy atom. The van der Waals surface area contributed by atoms with Crippen molar-refractivity contribution in [2.24, 2.45) is 0 Å². The molecular weight excluding hydrogens is 411 g/mol. The minimum Gasteiger partial charge on any atom is -0.496 e. The highest BCUT2D eigenvalue weighted by molar-refractivity contribution is 5.91. The van der Waals surface area contributed by atoms with Crippen LogP contribution in [0.15, 0.2) is 53.1 Å². The third-order valence-corrected chi connectivity index (χ3v) is 5.84. The molecule has 1 aromatic carbocycles. The Labute approximate surface area is 184 Å². The predicted octanol–water partition coefficient (Wildman–Crippen LogP) is 4.47. The zero-order chi connectivity index (χ0) is 22.2. The molecular formula is C24H23FN4O3. The molecule has 1 aliphatic heterocycles. The number of halogens is 1. The average molecular weight is 434 g/mol. The van der Waals surface area contributed by atoms with E-state index < -0.39 is 0 Å². The van der Waals surface area contributed by atoms with Crippen LogP contribution in [-0.2, 0) is 0 Å². The number of likely N-dealkylation sites (tertiary alicyclic amines) is 1. The van der Waals surface area contributed by atoms with Crippen LogP contribution in [0.4, 0.5) is 4.39 Å². The Morgan fingerprint density at radius 3 is 2.88 bits per heavy atom. The van der Waals surface area contributed by atoms with Crippen LogP contribution in [-0.4, -0.2) is 45.6 Å². The monoisotopic (exact) mass is 434 g/mol. The molecule has 3 aromatic heterocycles. The lowest BCUT2D eigenvalue weighted by Gasteiger charge is -2.30. The van der Waals surface area contributed by atoms with Gasteiger partial charge in [-0.05, 0) is 62.2 Å². The summed E-state index contributed by atoms with van der Waals surface area (Å²) in [5, 5.41) is 4.68. The van der Waals surface area contributed by atoms with Crippen molar-refractivity contribution in [1.82, 2.24) is 19.5 Å². The topological polar surface area (TPSA) is 72.9 Å². The van der Waals surface area contributed by atoms with Crippen LogP contribution in [0.3, 0.4) is 0 Å². The van der Waals surface area contributed by atoms with Gasteiger partial charge in [0.2, 0.25) is 0 Å². The first-order valence-corrected chi connectivity index (χ1v) is 10.6. The van der Waals surface area contributed by atoms with Gasteiger partial charge in [0.25, 0.3) is 5.91 Å². The Balaban J connectivity index is 1.41. The van der Waals surface area contributed by atoms with Gasteiger partial charge in [0.1, 0.15) is 17.3 Å². The number of rotatable bonds is 4. The van der Waals surface area contributed by atoms with E-state index in [0.717, 1.165) is 24.2 Å². The number of carbonyl (C=O) groups excluding carboxylic acids is 1. The second-order valence-electron chi connectivity index (χ2n) is 8.04. The summed E-state index contributed by atoms with van der Waals surface area (Å²) < 4.78 is 26.4. The molecule has 4 heterocycles. The van der Waals surface area contributed by atoms with Crippen molar-refractivity contribution in [3.63, 3.8) is 0 Å². The molecule has 7 nitrogen and oxygen atoms in total. The van der Waals surface area contributed by atoms with E-state index in [0.29, 0.717) is 41.6 Å². The minimum absolute atomic E-state index is 0.0378. The lowest BCUT2D eigenvalue weighted by molar-refractivity contribution is 0.0671. The highest BCUT2D eigenvalue weighted by Crippen LogP contribution is 2.31. The summed E-state index contributed by atoms with van der Waals surface area (Å²) in [6, 6.07) is 11.7. The predicted molar refractivity (Wildman–Crippen MR) is 116 cm³/mol. The molecule has 0 spiro atoms. The second-order valence-corrected chi connectivity index (χ2v) is 8.04. The maximum Gasteiger partial charge on any atom is 0.289 e. The molecule has 5 rings (SSSR count). The first-order valence-electron chi connectivity index (χ1n) is 10.6. The van der Waals surface area contributed by atoms with Gasteiger partial charge in [0.15, 0.2) is 17.2 Å². The summed E-state index contributed by atoms with van der Waals surface area (Å²) in [5.74, 6) is 1.96. The smallest absolute Gasteiger partial charge is 0.289 e. The van der Waals surface area contributed by atoms with Crippen LogP contribution < -0.4 is 4.74 Å². The average Bonchev–Trinajstić information content (AvgIpc) is 3.44. The zero-order valence-electron chi connectivity index (χ0n) is 17.9. The molecule has 4 aromatic rings. The van der Waals surface area contributed by atoms with Gasteiger partial charge in [0, 0.05) is 36.3 Å². The standard InChI is InChI=1S/C24H23FN4O3/c1-15-5-8-21(32-15)24(30)28-11-3-4-17(13-28)23-26-22-10-6-16(14-29(22)27-23)19-12-18(25)7-9-20(19)31-2/h5-10,12,14,17H,3-4,11,13H2,1-2H3. The fraction of sp³-hybridized carbons (Fsp3) is 0.292. The van der Waals surface area contributed by atoms with Crippen LogP contribution >= 0.6 is 0 Å². The van der Waals surface area contributed by atoms with Gasteiger partial charge in [-0.1, -0.05) is 0 Å². The van der Waals surface area contributed by atoms with E-state index in [1.165, 1.54) is 12.1 Å². The molecule has 1 unspecified atom stereocenters. The maximum absolute atomic E-state index is 13.8. The molecule has 1 saturated heterocycles. The normalized spacial score (nSPS) is 16.5. The molecule has 0 N–H and O–H groups in total. The number of aryl methyl sites for hydroxylation is 1. The summed E-state index contributed by atoms with van der Waals surface area (Å²) >= 11 is 0. The number of nitrogens with zero attached hydrogens (tertiary/aromatic N) is 4. The number of hydrogen-bond donors (Lipinski definition) is 0. The highest BCUT2D eigenvalue weighted by Gasteiger charge is 2.29. The zero-order valence-corrected chi connectivity index (χ0v) is 17.9. The molecule has 0 bridgehead atoms. The highest BCUT2D eigenvalue weighted by atomic mass is 19.1. The molecule has 0 saturated carbocycles. The third-order valence-electron chi connectivity index (χ3n) is 5.84. The summed E-state index contributed by atoms with van der Waals surface area (Å²) in [5.41, 5.74) is 2.12. The summed E-state index contributed by atoms with van der Waals surface area (Å²) in [7, 11) is 1.56. The van der Waals surface area contributed by atoms with E-state index in [1.54, 1.807) is 34.7 Å². The van der Waals surface area contributed by atoms with Crippen molar-refractivity contribution in [2.75, 3.05) is 20.2 Å². The van der Waals surface area contributed by atoms with Crippen molar-refractivity contribution < 1.29 is 18.3 Å². The Hall–Kier alpha value is -3.68. The largest absolute Gasteiger partial charge is 0.496 e. The quantitative estimate of drug-likeness (QED) is 0.474. The van der Waals surface area contributed by atoms with Gasteiger partial charge in [-0.2, -0.15) is 5.10 Å². The van der Waals surface area contributed by atoms with Gasteiger partial charge in [-0.25, -0.2) is 13.9 Å². The summed E-state index contributed by atoms with van der Waals surface area (Å²) in [6.45, 7) is 3.05. The van der Waals surface area contributed by atoms with Crippen molar-refractivity contribution in [1.29, 1.82) is 0 Å². The number of benzene rings is 1. The van der Waals surface area contributed by atoms with Gasteiger partial charge < -0.3 is 14.1 Å². The number of methoxy groups -OCH3 is 1. The maximum atomic E-state index is 13.8.